The molecule has 0 spiro atoms. The van der Waals surface area contributed by atoms with Gasteiger partial charge in [0, 0.05) is 12.3 Å². The molecular weight excluding hydrogens is 605 g/mol. The van der Waals surface area contributed by atoms with Crippen molar-refractivity contribution in [3.63, 3.8) is 0 Å². The van der Waals surface area contributed by atoms with Gasteiger partial charge in [-0.15, -0.1) is 0 Å². The molecule has 0 bridgehead atoms. The Kier molecular flexibility index (Phi) is 8.52. The molecule has 1 aliphatic carbocycles. The third-order valence-electron chi connectivity index (χ3n) is 7.79. The summed E-state index contributed by atoms with van der Waals surface area (Å²) in [5.74, 6) is -15.2. The zero-order chi connectivity index (χ0) is 32.4. The Labute approximate surface area is 260 Å². The van der Waals surface area contributed by atoms with E-state index in [0.717, 1.165) is 33.4 Å². The minimum absolute atomic E-state index is 0.106. The van der Waals surface area contributed by atoms with E-state index in [1.54, 1.807) is 24.3 Å². The maximum atomic E-state index is 14.3. The molecule has 5 aromatic carbocycles. The molecule has 0 saturated carbocycles. The Balaban J connectivity index is 1.23. The average Bonchev–Trinajstić information content (AvgIpc) is 3.41. The lowest BCUT2D eigenvalue weighted by Gasteiger charge is -2.20. The lowest BCUT2D eigenvalue weighted by molar-refractivity contribution is -0.137. The number of amides is 1. The Bertz CT molecular complexity index is 1860. The predicted octanol–water partition coefficient (Wildman–Crippen LogP) is 8.10. The number of halogens is 5. The van der Waals surface area contributed by atoms with E-state index in [2.05, 4.69) is 10.1 Å². The van der Waals surface area contributed by atoms with Crippen LogP contribution in [-0.4, -0.2) is 24.7 Å². The fourth-order valence-electron chi connectivity index (χ4n) is 5.52. The van der Waals surface area contributed by atoms with E-state index >= 15 is 0 Å². The van der Waals surface area contributed by atoms with Crippen LogP contribution in [0.2, 0.25) is 0 Å². The number of alkyl carbamates (subject to hydrolysis) is 1. The van der Waals surface area contributed by atoms with Crippen LogP contribution in [0.1, 0.15) is 22.6 Å². The van der Waals surface area contributed by atoms with Gasteiger partial charge in [0.15, 0.2) is 0 Å². The molecule has 0 fully saturated rings. The Morgan fingerprint density at radius 1 is 0.630 bits per heavy atom. The number of carbonyl (C=O) groups excluding carboxylic acids is 2. The summed E-state index contributed by atoms with van der Waals surface area (Å²) >= 11 is 0. The third-order valence-corrected chi connectivity index (χ3v) is 7.79. The van der Waals surface area contributed by atoms with Crippen LogP contribution < -0.4 is 10.1 Å². The minimum atomic E-state index is -2.40. The molecule has 0 heterocycles. The van der Waals surface area contributed by atoms with Crippen LogP contribution in [0, 0.1) is 29.1 Å². The summed E-state index contributed by atoms with van der Waals surface area (Å²) in [5.41, 5.74) is 6.15. The molecule has 1 atom stereocenters. The molecule has 1 amide bonds. The highest BCUT2D eigenvalue weighted by atomic mass is 19.2. The van der Waals surface area contributed by atoms with E-state index in [9.17, 15) is 31.5 Å². The number of hydrogen-bond acceptors (Lipinski definition) is 4. The van der Waals surface area contributed by atoms with E-state index in [4.69, 9.17) is 4.74 Å². The number of esters is 1. The monoisotopic (exact) mass is 629 g/mol. The van der Waals surface area contributed by atoms with E-state index in [0.29, 0.717) is 5.56 Å². The van der Waals surface area contributed by atoms with Crippen molar-refractivity contribution < 1.29 is 41.0 Å². The van der Waals surface area contributed by atoms with Gasteiger partial charge in [-0.3, -0.25) is 0 Å². The fourth-order valence-corrected chi connectivity index (χ4v) is 5.52. The van der Waals surface area contributed by atoms with E-state index < -0.39 is 52.9 Å². The van der Waals surface area contributed by atoms with Gasteiger partial charge in [-0.25, -0.2) is 22.8 Å². The van der Waals surface area contributed by atoms with Gasteiger partial charge in [-0.1, -0.05) is 103 Å². The lowest BCUT2D eigenvalue weighted by atomic mass is 9.98. The number of ether oxygens (including phenoxy) is 2. The molecule has 6 rings (SSSR count). The van der Waals surface area contributed by atoms with E-state index in [-0.39, 0.29) is 18.9 Å². The van der Waals surface area contributed by atoms with E-state index in [1.165, 1.54) is 0 Å². The van der Waals surface area contributed by atoms with Gasteiger partial charge in [0.25, 0.3) is 0 Å². The minimum Gasteiger partial charge on any atom is -0.449 e. The summed E-state index contributed by atoms with van der Waals surface area (Å²) in [6.45, 7) is -0.106. The Morgan fingerprint density at radius 2 is 1.13 bits per heavy atom. The topological polar surface area (TPSA) is 64.6 Å². The quantitative estimate of drug-likeness (QED) is 0.0620. The first-order valence-corrected chi connectivity index (χ1v) is 14.2. The summed E-state index contributed by atoms with van der Waals surface area (Å²) in [5, 5.41) is 2.34. The van der Waals surface area contributed by atoms with Gasteiger partial charge < -0.3 is 14.8 Å². The van der Waals surface area contributed by atoms with Crippen molar-refractivity contribution in [3.8, 4) is 28.0 Å². The maximum Gasteiger partial charge on any atom is 0.407 e. The van der Waals surface area contributed by atoms with Crippen LogP contribution in [-0.2, 0) is 16.0 Å². The zero-order valence-corrected chi connectivity index (χ0v) is 23.9. The van der Waals surface area contributed by atoms with Crippen LogP contribution in [0.25, 0.3) is 22.3 Å². The first-order valence-electron chi connectivity index (χ1n) is 14.2. The molecule has 0 saturated heterocycles. The van der Waals surface area contributed by atoms with Gasteiger partial charge in [0.2, 0.25) is 34.8 Å². The summed E-state index contributed by atoms with van der Waals surface area (Å²) < 4.78 is 80.1. The molecule has 0 unspecified atom stereocenters. The van der Waals surface area contributed by atoms with Crippen LogP contribution in [0.3, 0.4) is 0 Å². The summed E-state index contributed by atoms with van der Waals surface area (Å²) in [6, 6.07) is 29.9. The Hall–Kier alpha value is -5.51. The molecule has 232 valence electrons. The second-order valence-corrected chi connectivity index (χ2v) is 10.6. The number of carbonyl (C=O) groups is 2. The molecule has 0 aliphatic heterocycles. The molecule has 5 aromatic rings. The highest BCUT2D eigenvalue weighted by Gasteiger charge is 2.33. The summed E-state index contributed by atoms with van der Waals surface area (Å²) in [6.07, 6.45) is -1.31. The molecule has 46 heavy (non-hydrogen) atoms. The van der Waals surface area contributed by atoms with Crippen molar-refractivity contribution in [3.05, 3.63) is 149 Å². The molecule has 1 N–H and O–H groups in total. The van der Waals surface area contributed by atoms with Gasteiger partial charge in [-0.2, -0.15) is 8.78 Å². The zero-order valence-electron chi connectivity index (χ0n) is 23.9. The third kappa shape index (κ3) is 5.93. The van der Waals surface area contributed by atoms with Crippen LogP contribution in [0.5, 0.6) is 5.75 Å². The van der Waals surface area contributed by atoms with Crippen LogP contribution in [0.4, 0.5) is 26.7 Å². The standard InChI is InChI=1S/C36H24F5NO4/c37-29-30(38)32(40)34(33(41)31(29)39)46-35(43)28(18-20-14-16-22(17-15-20)21-8-2-1-3-9-21)42-36(44)45-19-27-25-12-6-4-10-23(25)24-11-5-7-13-26(24)27/h1-17,27-28H,18-19H2,(H,42,44)/t28-/m0/s1. The smallest absolute Gasteiger partial charge is 0.407 e. The van der Waals surface area contributed by atoms with Gasteiger partial charge in [0.1, 0.15) is 12.6 Å². The Morgan fingerprint density at radius 3 is 1.72 bits per heavy atom. The van der Waals surface area contributed by atoms with Crippen molar-refractivity contribution >= 4 is 12.1 Å². The second-order valence-electron chi connectivity index (χ2n) is 10.6. The van der Waals surface area contributed by atoms with Gasteiger partial charge in [0.05, 0.1) is 0 Å². The van der Waals surface area contributed by atoms with Crippen LogP contribution in [0.15, 0.2) is 103 Å². The van der Waals surface area contributed by atoms with Gasteiger partial charge >= 0.3 is 12.1 Å². The first kappa shape index (κ1) is 30.5. The van der Waals surface area contributed by atoms with Crippen molar-refractivity contribution in [2.24, 2.45) is 0 Å². The highest BCUT2D eigenvalue weighted by Crippen LogP contribution is 2.44. The summed E-state index contributed by atoms with van der Waals surface area (Å²) in [7, 11) is 0. The number of benzene rings is 5. The second kappa shape index (κ2) is 12.8. The normalized spacial score (nSPS) is 12.6. The highest BCUT2D eigenvalue weighted by molar-refractivity contribution is 5.84. The fraction of sp³-hybridized carbons (Fsp3) is 0.111. The molecule has 1 aliphatic rings. The van der Waals surface area contributed by atoms with Crippen molar-refractivity contribution in [2.45, 2.75) is 18.4 Å². The maximum absolute atomic E-state index is 14.3. The summed E-state index contributed by atoms with van der Waals surface area (Å²) in [4.78, 5) is 26.2. The van der Waals surface area contributed by atoms with Crippen molar-refractivity contribution in [1.29, 1.82) is 0 Å². The average molecular weight is 630 g/mol. The molecule has 0 aromatic heterocycles. The number of fused-ring (bicyclic) bond motifs is 3. The van der Waals surface area contributed by atoms with Gasteiger partial charge in [-0.05, 0) is 38.9 Å². The molecule has 10 heteroatoms. The number of rotatable bonds is 8. The number of hydrogen-bond donors (Lipinski definition) is 1. The lowest BCUT2D eigenvalue weighted by Crippen LogP contribution is -2.45. The van der Waals surface area contributed by atoms with Crippen molar-refractivity contribution in [2.75, 3.05) is 6.61 Å². The molecule has 0 radical (unpaired) electrons. The number of nitrogens with one attached hydrogen (secondary N) is 1. The first-order chi connectivity index (χ1) is 22.2. The van der Waals surface area contributed by atoms with Crippen LogP contribution >= 0.6 is 0 Å². The van der Waals surface area contributed by atoms with E-state index in [1.807, 2.05) is 78.9 Å². The SMILES string of the molecule is O=C(N[C@@H](Cc1ccc(-c2ccccc2)cc1)C(=O)Oc1c(F)c(F)c(F)c(F)c1F)OCC1c2ccccc2-c2ccccc21. The predicted molar refractivity (Wildman–Crippen MR) is 159 cm³/mol. The molecule has 5 nitrogen and oxygen atoms in total. The van der Waals surface area contributed by atoms with Crippen molar-refractivity contribution in [1.82, 2.24) is 5.32 Å². The molecular formula is C36H24F5NO4. The largest absolute Gasteiger partial charge is 0.449 e.